The molecule has 15 atom stereocenters. The Bertz CT molecular complexity index is 2120. The molecule has 73 heavy (non-hydrogen) atoms. The number of amides is 1. The maximum atomic E-state index is 14.5. The van der Waals surface area contributed by atoms with Crippen molar-refractivity contribution in [3.63, 3.8) is 0 Å². The van der Waals surface area contributed by atoms with Gasteiger partial charge in [0, 0.05) is 56.4 Å². The summed E-state index contributed by atoms with van der Waals surface area (Å²) in [5.74, 6) is -7.03. The van der Waals surface area contributed by atoms with Crippen LogP contribution in [-0.4, -0.2) is 132 Å². The average Bonchev–Trinajstić information content (AvgIpc) is 3.35. The van der Waals surface area contributed by atoms with Crippen molar-refractivity contribution in [2.24, 2.45) is 35.3 Å². The Labute approximate surface area is 430 Å². The van der Waals surface area contributed by atoms with E-state index in [2.05, 4.69) is 10.1 Å². The lowest BCUT2D eigenvalue weighted by atomic mass is 9.78. The van der Waals surface area contributed by atoms with Crippen LogP contribution in [-0.2, 0) is 38.1 Å². The predicted octanol–water partition coefficient (Wildman–Crippen LogP) is 7.76. The normalized spacial score (nSPS) is 37.2. The summed E-state index contributed by atoms with van der Waals surface area (Å²) >= 11 is 0. The number of benzene rings is 1. The van der Waals surface area contributed by atoms with Gasteiger partial charge in [-0.1, -0.05) is 75.8 Å². The number of ketones is 2. The van der Waals surface area contributed by atoms with Gasteiger partial charge in [0.1, 0.15) is 30.1 Å². The summed E-state index contributed by atoms with van der Waals surface area (Å²) in [7, 11) is 2.97. The second-order valence-electron chi connectivity index (χ2n) is 21.3. The number of Topliss-reactive ketones (excluding diaryl/α,β-unsaturated/α-hetero) is 2. The van der Waals surface area contributed by atoms with Crippen molar-refractivity contribution in [3.8, 4) is 5.75 Å². The fourth-order valence-corrected chi connectivity index (χ4v) is 11.0. The molecule has 5 rings (SSSR count). The number of allylic oxidation sites excluding steroid dienone is 5. The smallest absolute Gasteiger partial charge is 0.387 e. The van der Waals surface area contributed by atoms with E-state index in [0.717, 1.165) is 12.0 Å². The van der Waals surface area contributed by atoms with Gasteiger partial charge in [-0.25, -0.2) is 4.79 Å². The van der Waals surface area contributed by atoms with Gasteiger partial charge in [0.2, 0.25) is 5.79 Å². The van der Waals surface area contributed by atoms with Gasteiger partial charge in [0.15, 0.2) is 5.78 Å². The maximum absolute atomic E-state index is 14.5. The molecule has 3 aliphatic heterocycles. The Hall–Kier alpha value is -4.36. The second-order valence-corrected chi connectivity index (χ2v) is 21.3. The van der Waals surface area contributed by atoms with Gasteiger partial charge in [-0.15, -0.1) is 0 Å². The quantitative estimate of drug-likeness (QED) is 0.0908. The SMILES string of the molecule is CO[C@@H]1CC(C[C@@H](C)[C@@H]2CC[C@H](N)/C=C(\C)[C@@H](O)[C@@H](OC)C(=O)[C@H](C)C[C@H](C)/C=C/C=C/C=C(\C)C(Nc3cccc(OC(F)F)c3)CC3CCC(C)[C@@](O)(O3)C(=O)C(=O)N3CCCC[C@H]3C(=O)O2)CC[C@H]1O. The highest BCUT2D eigenvalue weighted by molar-refractivity contribution is 6.39. The molecule has 1 aromatic rings. The van der Waals surface area contributed by atoms with Crippen molar-refractivity contribution in [2.45, 2.75) is 192 Å². The van der Waals surface area contributed by atoms with Crippen LogP contribution >= 0.6 is 0 Å². The van der Waals surface area contributed by atoms with Crippen LogP contribution in [0.2, 0.25) is 0 Å². The fraction of sp³-hybridized carbons (Fsp3) is 0.679. The first-order chi connectivity index (χ1) is 34.6. The number of halogens is 2. The van der Waals surface area contributed by atoms with E-state index in [1.54, 1.807) is 39.2 Å². The van der Waals surface area contributed by atoms with Crippen molar-refractivity contribution in [1.82, 2.24) is 4.90 Å². The number of ether oxygens (including phenoxy) is 5. The van der Waals surface area contributed by atoms with Crippen LogP contribution in [0.15, 0.2) is 71.9 Å². The van der Waals surface area contributed by atoms with E-state index in [0.29, 0.717) is 75.5 Å². The molecule has 2 bridgehead atoms. The van der Waals surface area contributed by atoms with Crippen LogP contribution in [0.1, 0.15) is 125 Å². The molecule has 17 heteroatoms. The number of methoxy groups -OCH3 is 2. The minimum atomic E-state index is -3.03. The Morgan fingerprint density at radius 2 is 1.66 bits per heavy atom. The molecule has 4 unspecified atom stereocenters. The van der Waals surface area contributed by atoms with Crippen LogP contribution in [0.4, 0.5) is 14.5 Å². The third-order valence-corrected chi connectivity index (χ3v) is 15.5. The number of nitrogens with one attached hydrogen (secondary N) is 1. The van der Waals surface area contributed by atoms with Crippen LogP contribution in [0.25, 0.3) is 0 Å². The number of alkyl halides is 2. The number of anilines is 1. The standard InChI is InChI=1S/C56H83F2N3O12/c1-33-15-10-9-11-16-34(2)44(60-41-17-14-18-42(31-41)71-55(57)58)32-43-23-20-38(6)56(68,73-43)52(65)53(66)61-26-13-12-19-45(61)54(67)72-47(35(3)28-39-21-24-46(62)48(30-39)69-7)25-22-40(59)29-37(5)50(64)51(70-8)49(63)36(4)27-33/h9-11,14-18,29,31,33,35-36,38-40,43-48,50-51,55,60,62,64,68H,12-13,19-28,30,32,59H2,1-8H3/b11-9+,15-10+,34-16+,37-29+/t33-,35-,36-,38?,39?,40+,43?,44?,45+,46-,47+,48-,50-,51+,56-/m1/s1. The predicted molar refractivity (Wildman–Crippen MR) is 273 cm³/mol. The first-order valence-corrected chi connectivity index (χ1v) is 26.3. The number of hydrogen-bond donors (Lipinski definition) is 5. The van der Waals surface area contributed by atoms with Gasteiger partial charge in [0.05, 0.1) is 18.3 Å². The van der Waals surface area contributed by atoms with E-state index in [9.17, 15) is 43.3 Å². The number of hydrogen-bond acceptors (Lipinski definition) is 14. The summed E-state index contributed by atoms with van der Waals surface area (Å²) in [5, 5.41) is 37.6. The Morgan fingerprint density at radius 1 is 0.904 bits per heavy atom. The van der Waals surface area contributed by atoms with Gasteiger partial charge in [-0.3, -0.25) is 14.4 Å². The van der Waals surface area contributed by atoms with Crippen molar-refractivity contribution in [3.05, 3.63) is 71.9 Å². The van der Waals surface area contributed by atoms with Crippen molar-refractivity contribution < 1.29 is 67.0 Å². The summed E-state index contributed by atoms with van der Waals surface area (Å²) in [4.78, 5) is 58.4. The fourth-order valence-electron chi connectivity index (χ4n) is 11.0. The lowest BCUT2D eigenvalue weighted by Crippen LogP contribution is -2.61. The Balaban J connectivity index is 1.49. The summed E-state index contributed by atoms with van der Waals surface area (Å²) in [6.45, 7) is 8.05. The van der Waals surface area contributed by atoms with Crippen molar-refractivity contribution in [2.75, 3.05) is 26.1 Å². The number of piperidine rings is 1. The number of aliphatic hydroxyl groups is 3. The van der Waals surface area contributed by atoms with E-state index in [1.807, 2.05) is 58.1 Å². The first-order valence-electron chi connectivity index (χ1n) is 26.3. The topological polar surface area (TPSA) is 216 Å². The van der Waals surface area contributed by atoms with Crippen LogP contribution in [0.5, 0.6) is 5.75 Å². The number of nitrogens with two attached hydrogens (primary N) is 1. The molecule has 3 fully saturated rings. The highest BCUT2D eigenvalue weighted by atomic mass is 19.3. The average molecular weight is 1030 g/mol. The number of carbonyl (C=O) groups is 4. The van der Waals surface area contributed by atoms with E-state index in [-0.39, 0.29) is 54.8 Å². The van der Waals surface area contributed by atoms with E-state index in [1.165, 1.54) is 24.1 Å². The van der Waals surface area contributed by atoms with Gasteiger partial charge < -0.3 is 55.0 Å². The molecule has 4 aliphatic rings. The first kappa shape index (κ1) is 59.5. The second kappa shape index (κ2) is 28.0. The highest BCUT2D eigenvalue weighted by Crippen LogP contribution is 2.38. The number of cyclic esters (lactones) is 1. The van der Waals surface area contributed by atoms with Crippen LogP contribution in [0.3, 0.4) is 0 Å². The van der Waals surface area contributed by atoms with E-state index in [4.69, 9.17) is 24.7 Å². The Kier molecular flexibility index (Phi) is 22.8. The lowest BCUT2D eigenvalue weighted by Gasteiger charge is -2.43. The molecule has 0 radical (unpaired) electrons. The largest absolute Gasteiger partial charge is 0.461 e. The van der Waals surface area contributed by atoms with Gasteiger partial charge in [-0.2, -0.15) is 8.78 Å². The van der Waals surface area contributed by atoms with Gasteiger partial charge >= 0.3 is 12.6 Å². The summed E-state index contributed by atoms with van der Waals surface area (Å²) < 4.78 is 54.9. The van der Waals surface area contributed by atoms with Crippen LogP contribution < -0.4 is 15.8 Å². The van der Waals surface area contributed by atoms with E-state index < -0.39 is 90.5 Å². The minimum absolute atomic E-state index is 0.0305. The molecule has 1 amide bonds. The molecule has 1 aliphatic carbocycles. The molecule has 6 N–H and O–H groups in total. The zero-order valence-electron chi connectivity index (χ0n) is 44.1. The van der Waals surface area contributed by atoms with Crippen molar-refractivity contribution >= 4 is 29.1 Å². The number of fused-ring (bicyclic) bond motifs is 3. The maximum Gasteiger partial charge on any atom is 0.387 e. The molecule has 2 saturated heterocycles. The summed E-state index contributed by atoms with van der Waals surface area (Å²) in [5.41, 5.74) is 8.41. The third kappa shape index (κ3) is 16.6. The van der Waals surface area contributed by atoms with Crippen LogP contribution in [0, 0.1) is 29.6 Å². The summed E-state index contributed by atoms with van der Waals surface area (Å²) in [6, 6.07) is 3.88. The molecular weight excluding hydrogens is 945 g/mol. The molecule has 0 aromatic heterocycles. The molecule has 15 nitrogen and oxygen atoms in total. The monoisotopic (exact) mass is 1030 g/mol. The van der Waals surface area contributed by atoms with Crippen molar-refractivity contribution in [1.29, 1.82) is 0 Å². The molecule has 0 spiro atoms. The third-order valence-electron chi connectivity index (χ3n) is 15.5. The molecule has 1 saturated carbocycles. The molecule has 408 valence electrons. The number of carbonyl (C=O) groups excluding carboxylic acids is 4. The number of esters is 1. The summed E-state index contributed by atoms with van der Waals surface area (Å²) in [6.07, 6.45) is 12.4. The lowest BCUT2D eigenvalue weighted by molar-refractivity contribution is -0.263. The zero-order valence-corrected chi connectivity index (χ0v) is 44.1. The zero-order chi connectivity index (χ0) is 53.6. The minimum Gasteiger partial charge on any atom is -0.461 e. The molecule has 3 heterocycles. The number of rotatable bonds is 9. The van der Waals surface area contributed by atoms with Gasteiger partial charge in [0.25, 0.3) is 11.7 Å². The highest BCUT2D eigenvalue weighted by Gasteiger charge is 2.53. The number of nitrogens with zero attached hydrogens (tertiary/aromatic N) is 1. The van der Waals surface area contributed by atoms with E-state index >= 15 is 0 Å². The Morgan fingerprint density at radius 3 is 2.37 bits per heavy atom. The molecular formula is C56H83F2N3O12. The molecule has 1 aromatic carbocycles. The van der Waals surface area contributed by atoms with Gasteiger partial charge in [-0.05, 0) is 133 Å². The number of aliphatic hydroxyl groups excluding tert-OH is 2.